The van der Waals surface area contributed by atoms with Crippen molar-refractivity contribution >= 4 is 35.2 Å². The van der Waals surface area contributed by atoms with E-state index in [0.29, 0.717) is 21.8 Å². The number of aliphatic hydroxyl groups is 1. The van der Waals surface area contributed by atoms with Crippen LogP contribution in [-0.4, -0.2) is 52.7 Å². The van der Waals surface area contributed by atoms with Crippen molar-refractivity contribution in [3.8, 4) is 12.3 Å². The number of nitrogens with zero attached hydrogens (tertiary/aromatic N) is 1. The van der Waals surface area contributed by atoms with Gasteiger partial charge in [0.05, 0.1) is 17.3 Å². The summed E-state index contributed by atoms with van der Waals surface area (Å²) in [7, 11) is 0. The van der Waals surface area contributed by atoms with Crippen molar-refractivity contribution in [2.75, 3.05) is 18.5 Å². The van der Waals surface area contributed by atoms with Gasteiger partial charge in [-0.1, -0.05) is 61.7 Å². The lowest BCUT2D eigenvalue weighted by molar-refractivity contribution is -0.141. The molecule has 9 heteroatoms. The highest BCUT2D eigenvalue weighted by Gasteiger charge is 2.37. The highest BCUT2D eigenvalue weighted by Crippen LogP contribution is 2.31. The second-order valence-electron chi connectivity index (χ2n) is 10.6. The summed E-state index contributed by atoms with van der Waals surface area (Å²) in [5.74, 6) is 1.45. The fraction of sp³-hybridized carbons (Fsp3) is 0.433. The van der Waals surface area contributed by atoms with Crippen molar-refractivity contribution < 1.29 is 24.2 Å². The zero-order chi connectivity index (χ0) is 29.3. The molecule has 0 heterocycles. The third-order valence-electron chi connectivity index (χ3n) is 5.76. The van der Waals surface area contributed by atoms with E-state index >= 15 is 0 Å². The Bertz CT molecular complexity index is 1200. The van der Waals surface area contributed by atoms with Crippen molar-refractivity contribution in [1.82, 2.24) is 10.2 Å². The van der Waals surface area contributed by atoms with Crippen LogP contribution in [-0.2, 0) is 14.3 Å². The number of hydrogen-bond acceptors (Lipinski definition) is 5. The minimum atomic E-state index is -1.23. The van der Waals surface area contributed by atoms with Crippen LogP contribution in [0.4, 0.5) is 10.5 Å². The first-order valence-corrected chi connectivity index (χ1v) is 13.2. The highest BCUT2D eigenvalue weighted by molar-refractivity contribution is 6.34. The van der Waals surface area contributed by atoms with E-state index in [1.165, 1.54) is 4.90 Å². The van der Waals surface area contributed by atoms with E-state index in [-0.39, 0.29) is 18.9 Å². The lowest BCUT2D eigenvalue weighted by Crippen LogP contribution is -2.53. The number of carbonyl (C=O) groups is 3. The Balaban J connectivity index is 2.60. The molecule has 3 N–H and O–H groups in total. The number of carbonyl (C=O) groups excluding carboxylic acids is 3. The van der Waals surface area contributed by atoms with Gasteiger partial charge in [0.1, 0.15) is 17.7 Å². The fourth-order valence-corrected chi connectivity index (χ4v) is 4.39. The van der Waals surface area contributed by atoms with Gasteiger partial charge < -0.3 is 25.4 Å². The van der Waals surface area contributed by atoms with Crippen LogP contribution in [0.1, 0.15) is 63.8 Å². The largest absolute Gasteiger partial charge is 0.444 e. The highest BCUT2D eigenvalue weighted by atomic mass is 35.5. The molecule has 2 aromatic rings. The number of halogens is 1. The molecule has 0 saturated heterocycles. The van der Waals surface area contributed by atoms with Gasteiger partial charge in [0.15, 0.2) is 0 Å². The number of hydrogen-bond donors (Lipinski definition) is 3. The van der Waals surface area contributed by atoms with E-state index in [0.717, 1.165) is 5.56 Å². The smallest absolute Gasteiger partial charge is 0.408 e. The summed E-state index contributed by atoms with van der Waals surface area (Å²) in [6, 6.07) is 9.72. The standard InChI is InChI=1S/C30H38ClN3O5/c1-8-21-13-9-10-14-22(21)26(27(36)33-25-20(4)12-11-15-23(25)31)34(16-17-35)28(37)24(18-19(2)3)32-29(38)39-30(5,6)7/h1,9-15,19,24,26,35H,16-18H2,2-7H3,(H,32,38)(H,33,36). The van der Waals surface area contributed by atoms with E-state index in [4.69, 9.17) is 22.8 Å². The Morgan fingerprint density at radius 3 is 2.36 bits per heavy atom. The number of ether oxygens (including phenoxy) is 1. The summed E-state index contributed by atoms with van der Waals surface area (Å²) in [5.41, 5.74) is 1.15. The van der Waals surface area contributed by atoms with Crippen LogP contribution in [0, 0.1) is 25.2 Å². The van der Waals surface area contributed by atoms with Crippen molar-refractivity contribution in [1.29, 1.82) is 0 Å². The van der Waals surface area contributed by atoms with Gasteiger partial charge in [-0.3, -0.25) is 9.59 Å². The number of alkyl carbamates (subject to hydrolysis) is 1. The molecule has 0 bridgehead atoms. The molecule has 39 heavy (non-hydrogen) atoms. The van der Waals surface area contributed by atoms with E-state index in [2.05, 4.69) is 16.6 Å². The van der Waals surface area contributed by atoms with Crippen LogP contribution in [0.25, 0.3) is 0 Å². The number of benzene rings is 2. The average molecular weight is 556 g/mol. The molecule has 2 atom stereocenters. The Labute approximate surface area is 236 Å². The second-order valence-corrected chi connectivity index (χ2v) is 11.0. The molecule has 0 aliphatic carbocycles. The monoisotopic (exact) mass is 555 g/mol. The molecule has 2 rings (SSSR count). The molecule has 0 aliphatic rings. The van der Waals surface area contributed by atoms with Crippen LogP contribution in [0.3, 0.4) is 0 Å². The zero-order valence-electron chi connectivity index (χ0n) is 23.4. The lowest BCUT2D eigenvalue weighted by atomic mass is 9.96. The van der Waals surface area contributed by atoms with Crippen LogP contribution < -0.4 is 10.6 Å². The molecule has 2 aromatic carbocycles. The molecule has 0 spiro atoms. The van der Waals surface area contributed by atoms with Crippen molar-refractivity contribution in [2.45, 2.75) is 65.6 Å². The van der Waals surface area contributed by atoms with Gasteiger partial charge in [0.25, 0.3) is 5.91 Å². The van der Waals surface area contributed by atoms with E-state index in [1.807, 2.05) is 13.8 Å². The van der Waals surface area contributed by atoms with Crippen LogP contribution >= 0.6 is 11.6 Å². The number of para-hydroxylation sites is 1. The van der Waals surface area contributed by atoms with E-state index in [1.54, 1.807) is 70.2 Å². The van der Waals surface area contributed by atoms with Gasteiger partial charge in [-0.05, 0) is 63.3 Å². The normalized spacial score (nSPS) is 12.7. The first-order valence-electron chi connectivity index (χ1n) is 12.8. The number of aliphatic hydroxyl groups excluding tert-OH is 1. The van der Waals surface area contributed by atoms with Crippen LogP contribution in [0.2, 0.25) is 5.02 Å². The van der Waals surface area contributed by atoms with Crippen molar-refractivity contribution in [2.24, 2.45) is 5.92 Å². The maximum atomic E-state index is 14.1. The summed E-state index contributed by atoms with van der Waals surface area (Å²) in [6.45, 7) is 10.2. The van der Waals surface area contributed by atoms with Crippen LogP contribution in [0.15, 0.2) is 42.5 Å². The van der Waals surface area contributed by atoms with E-state index in [9.17, 15) is 19.5 Å². The first kappa shape index (κ1) is 31.7. The quantitative estimate of drug-likeness (QED) is 0.355. The Morgan fingerprint density at radius 1 is 1.13 bits per heavy atom. The Hall–Kier alpha value is -3.54. The predicted molar refractivity (Wildman–Crippen MR) is 153 cm³/mol. The molecule has 0 radical (unpaired) electrons. The number of terminal acetylenes is 1. The molecule has 2 unspecified atom stereocenters. The van der Waals surface area contributed by atoms with E-state index < -0.39 is 42.2 Å². The van der Waals surface area contributed by atoms with Gasteiger partial charge in [0.2, 0.25) is 5.91 Å². The molecule has 210 valence electrons. The number of nitrogens with one attached hydrogen (secondary N) is 2. The fourth-order valence-electron chi connectivity index (χ4n) is 4.12. The molecular formula is C30H38ClN3O5. The minimum absolute atomic E-state index is 0.0147. The molecule has 8 nitrogen and oxygen atoms in total. The van der Waals surface area contributed by atoms with Gasteiger partial charge in [-0.2, -0.15) is 0 Å². The predicted octanol–water partition coefficient (Wildman–Crippen LogP) is 5.07. The van der Waals surface area contributed by atoms with Gasteiger partial charge in [-0.15, -0.1) is 6.42 Å². The third-order valence-corrected chi connectivity index (χ3v) is 6.08. The third kappa shape index (κ3) is 9.02. The number of anilines is 1. The molecule has 0 aliphatic heterocycles. The first-order chi connectivity index (χ1) is 18.3. The maximum absolute atomic E-state index is 14.1. The molecule has 0 fully saturated rings. The van der Waals surface area contributed by atoms with Crippen LogP contribution in [0.5, 0.6) is 0 Å². The van der Waals surface area contributed by atoms with Crippen molar-refractivity contribution in [3.05, 3.63) is 64.2 Å². The summed E-state index contributed by atoms with van der Waals surface area (Å²) < 4.78 is 5.38. The SMILES string of the molecule is C#Cc1ccccc1C(C(=O)Nc1c(C)cccc1Cl)N(CCO)C(=O)C(CC(C)C)NC(=O)OC(C)(C)C. The maximum Gasteiger partial charge on any atom is 0.408 e. The number of aryl methyl sites for hydroxylation is 1. The van der Waals surface area contributed by atoms with Gasteiger partial charge in [0, 0.05) is 12.1 Å². The second kappa shape index (κ2) is 14.0. The van der Waals surface area contributed by atoms with Gasteiger partial charge in [-0.25, -0.2) is 4.79 Å². The molecule has 3 amide bonds. The zero-order valence-corrected chi connectivity index (χ0v) is 24.1. The number of amides is 3. The Kier molecular flexibility index (Phi) is 11.4. The summed E-state index contributed by atoms with van der Waals surface area (Å²) >= 11 is 6.37. The Morgan fingerprint density at radius 2 is 1.79 bits per heavy atom. The summed E-state index contributed by atoms with van der Waals surface area (Å²) in [5, 5.41) is 15.8. The van der Waals surface area contributed by atoms with Crippen molar-refractivity contribution in [3.63, 3.8) is 0 Å². The summed E-state index contributed by atoms with van der Waals surface area (Å²) in [6.07, 6.45) is 5.27. The summed E-state index contributed by atoms with van der Waals surface area (Å²) in [4.78, 5) is 41.9. The molecular weight excluding hydrogens is 518 g/mol. The molecule has 0 aromatic heterocycles. The molecule has 0 saturated carbocycles. The number of rotatable bonds is 10. The topological polar surface area (TPSA) is 108 Å². The average Bonchev–Trinajstić information content (AvgIpc) is 2.84. The van der Waals surface area contributed by atoms with Gasteiger partial charge >= 0.3 is 6.09 Å². The lowest BCUT2D eigenvalue weighted by Gasteiger charge is -2.35. The minimum Gasteiger partial charge on any atom is -0.444 e.